The average molecular weight is 288 g/mol. The van der Waals surface area contributed by atoms with E-state index < -0.39 is 0 Å². The lowest BCUT2D eigenvalue weighted by Crippen LogP contribution is -1.92. The van der Waals surface area contributed by atoms with Crippen molar-refractivity contribution < 1.29 is 0 Å². The molecule has 0 aliphatic heterocycles. The van der Waals surface area contributed by atoms with Crippen molar-refractivity contribution in [2.75, 3.05) is 12.0 Å². The Kier molecular flexibility index (Phi) is 3.04. The second-order valence-electron chi connectivity index (χ2n) is 2.94. The second-order valence-corrected chi connectivity index (χ2v) is 5.27. The van der Waals surface area contributed by atoms with E-state index in [9.17, 15) is 0 Å². The molecule has 0 radical (unpaired) electrons. The summed E-state index contributed by atoms with van der Waals surface area (Å²) < 4.78 is 1.35. The van der Waals surface area contributed by atoms with Gasteiger partial charge in [0.25, 0.3) is 0 Å². The molecule has 2 rings (SSSR count). The zero-order chi connectivity index (χ0) is 10.1. The van der Waals surface area contributed by atoms with Crippen LogP contribution in [0.2, 0.25) is 0 Å². The largest absolute Gasteiger partial charge is 0.398 e. The molecule has 0 saturated heterocycles. The van der Waals surface area contributed by atoms with Crippen molar-refractivity contribution in [2.24, 2.45) is 0 Å². The molecule has 0 atom stereocenters. The van der Waals surface area contributed by atoms with Crippen LogP contribution in [0, 0.1) is 0 Å². The highest BCUT2D eigenvalue weighted by atomic mass is 79.9. The molecule has 1 nitrogen and oxygen atoms in total. The van der Waals surface area contributed by atoms with Crippen molar-refractivity contribution in [2.45, 2.75) is 10.2 Å². The van der Waals surface area contributed by atoms with Gasteiger partial charge in [0, 0.05) is 20.6 Å². The van der Waals surface area contributed by atoms with Crippen molar-refractivity contribution >= 4 is 54.8 Å². The van der Waals surface area contributed by atoms with Gasteiger partial charge in [0.05, 0.1) is 0 Å². The fourth-order valence-corrected chi connectivity index (χ4v) is 3.88. The van der Waals surface area contributed by atoms with Crippen molar-refractivity contribution in [3.8, 4) is 0 Å². The summed E-state index contributed by atoms with van der Waals surface area (Å²) in [7, 11) is 0. The van der Waals surface area contributed by atoms with Crippen LogP contribution in [0.25, 0.3) is 10.1 Å². The molecule has 0 aliphatic rings. The highest BCUT2D eigenvalue weighted by Crippen LogP contribution is 2.37. The minimum Gasteiger partial charge on any atom is -0.398 e. The summed E-state index contributed by atoms with van der Waals surface area (Å²) in [6, 6.07) is 4.22. The van der Waals surface area contributed by atoms with Gasteiger partial charge in [0.15, 0.2) is 0 Å². The van der Waals surface area contributed by atoms with E-state index in [1.54, 1.807) is 23.1 Å². The summed E-state index contributed by atoms with van der Waals surface area (Å²) >= 11 is 7.01. The van der Waals surface area contributed by atoms with Crippen LogP contribution in [0.15, 0.2) is 22.4 Å². The maximum atomic E-state index is 5.99. The number of rotatable bonds is 2. The number of nitrogens with two attached hydrogens (primary N) is 1. The molecule has 14 heavy (non-hydrogen) atoms. The van der Waals surface area contributed by atoms with E-state index in [-0.39, 0.29) is 0 Å². The fraction of sp³-hybridized carbons (Fsp3) is 0.200. The highest BCUT2D eigenvalue weighted by Gasteiger charge is 2.09. The number of anilines is 1. The van der Waals surface area contributed by atoms with E-state index in [2.05, 4.69) is 39.7 Å². The van der Waals surface area contributed by atoms with E-state index >= 15 is 0 Å². The summed E-state index contributed by atoms with van der Waals surface area (Å²) in [5.74, 6) is 0. The Hall–Kier alpha value is -0.190. The molecule has 4 heteroatoms. The van der Waals surface area contributed by atoms with Gasteiger partial charge >= 0.3 is 0 Å². The zero-order valence-electron chi connectivity index (χ0n) is 7.71. The maximum absolute atomic E-state index is 5.99. The molecule has 0 bridgehead atoms. The third-order valence-electron chi connectivity index (χ3n) is 2.20. The Balaban J connectivity index is 2.81. The van der Waals surface area contributed by atoms with Crippen molar-refractivity contribution in [3.63, 3.8) is 0 Å². The number of thiophene rings is 1. The molecule has 2 N–H and O–H groups in total. The molecule has 0 spiro atoms. The van der Waals surface area contributed by atoms with Crippen LogP contribution in [0.4, 0.5) is 5.69 Å². The number of hydrogen-bond donors (Lipinski definition) is 1. The fourth-order valence-electron chi connectivity index (χ4n) is 1.49. The molecular formula is C10H10BrNS2. The molecule has 0 fully saturated rings. The van der Waals surface area contributed by atoms with E-state index in [4.69, 9.17) is 5.73 Å². The van der Waals surface area contributed by atoms with Gasteiger partial charge in [-0.1, -0.05) is 15.9 Å². The van der Waals surface area contributed by atoms with Crippen molar-refractivity contribution in [1.82, 2.24) is 0 Å². The molecule has 1 aromatic heterocycles. The molecule has 0 saturated carbocycles. The molecule has 2 aromatic rings. The van der Waals surface area contributed by atoms with Gasteiger partial charge < -0.3 is 5.73 Å². The predicted molar refractivity (Wildman–Crippen MR) is 70.6 cm³/mol. The lowest BCUT2D eigenvalue weighted by molar-refractivity contribution is 1.45. The number of halogens is 1. The zero-order valence-corrected chi connectivity index (χ0v) is 10.9. The lowest BCUT2D eigenvalue weighted by atomic mass is 10.1. The normalized spacial score (nSPS) is 11.0. The molecule has 1 aromatic carbocycles. The smallest absolute Gasteiger partial charge is 0.0483 e. The first kappa shape index (κ1) is 10.3. The number of benzene rings is 1. The Morgan fingerprint density at radius 3 is 3.00 bits per heavy atom. The van der Waals surface area contributed by atoms with Crippen LogP contribution in [0.1, 0.15) is 5.56 Å². The first-order valence-electron chi connectivity index (χ1n) is 4.16. The molecule has 1 heterocycles. The van der Waals surface area contributed by atoms with Crippen LogP contribution in [-0.4, -0.2) is 6.26 Å². The van der Waals surface area contributed by atoms with Crippen LogP contribution < -0.4 is 5.73 Å². The highest BCUT2D eigenvalue weighted by molar-refractivity contribution is 9.08. The summed E-state index contributed by atoms with van der Waals surface area (Å²) in [6.45, 7) is 0. The number of alkyl halides is 1. The van der Waals surface area contributed by atoms with E-state index in [1.165, 1.54) is 20.5 Å². The van der Waals surface area contributed by atoms with Crippen LogP contribution in [0.3, 0.4) is 0 Å². The van der Waals surface area contributed by atoms with Gasteiger partial charge in [-0.2, -0.15) is 0 Å². The van der Waals surface area contributed by atoms with Crippen LogP contribution in [-0.2, 0) is 5.33 Å². The standard InChI is InChI=1S/C10H10BrNS2/c1-13-9-4-8(12)7(5-11)6-2-3-14-10(6)9/h2-4H,5,12H2,1H3. The van der Waals surface area contributed by atoms with Gasteiger partial charge in [-0.25, -0.2) is 0 Å². The average Bonchev–Trinajstić information content (AvgIpc) is 2.65. The number of fused-ring (bicyclic) bond motifs is 1. The molecule has 0 aliphatic carbocycles. The van der Waals surface area contributed by atoms with Gasteiger partial charge in [-0.05, 0) is 34.7 Å². The Morgan fingerprint density at radius 2 is 2.36 bits per heavy atom. The van der Waals surface area contributed by atoms with Gasteiger partial charge in [-0.15, -0.1) is 23.1 Å². The molecule has 0 unspecified atom stereocenters. The monoisotopic (exact) mass is 287 g/mol. The summed E-state index contributed by atoms with van der Waals surface area (Å²) in [4.78, 5) is 1.28. The van der Waals surface area contributed by atoms with Crippen LogP contribution >= 0.6 is 39.0 Å². The van der Waals surface area contributed by atoms with Gasteiger partial charge in [0.1, 0.15) is 0 Å². The maximum Gasteiger partial charge on any atom is 0.0483 e. The van der Waals surface area contributed by atoms with Gasteiger partial charge in [0.2, 0.25) is 0 Å². The third kappa shape index (κ3) is 1.55. The first-order chi connectivity index (χ1) is 6.77. The minimum absolute atomic E-state index is 0.820. The quantitative estimate of drug-likeness (QED) is 0.511. The SMILES string of the molecule is CSc1cc(N)c(CBr)c2ccsc12. The minimum atomic E-state index is 0.820. The van der Waals surface area contributed by atoms with Gasteiger partial charge in [-0.3, -0.25) is 0 Å². The molecule has 0 amide bonds. The van der Waals surface area contributed by atoms with Crippen LogP contribution in [0.5, 0.6) is 0 Å². The number of nitrogen functional groups attached to an aromatic ring is 1. The topological polar surface area (TPSA) is 26.0 Å². The first-order valence-corrected chi connectivity index (χ1v) is 7.39. The Labute approximate surface area is 99.8 Å². The van der Waals surface area contributed by atoms with E-state index in [0.29, 0.717) is 0 Å². The van der Waals surface area contributed by atoms with E-state index in [1.807, 2.05) is 0 Å². The molecular weight excluding hydrogens is 278 g/mol. The Morgan fingerprint density at radius 1 is 1.57 bits per heavy atom. The number of thioether (sulfide) groups is 1. The summed E-state index contributed by atoms with van der Waals surface area (Å²) in [5, 5.41) is 4.23. The summed E-state index contributed by atoms with van der Waals surface area (Å²) in [6.07, 6.45) is 2.09. The predicted octanol–water partition coefficient (Wildman–Crippen LogP) is 4.10. The number of hydrogen-bond acceptors (Lipinski definition) is 3. The Bertz CT molecular complexity index is 464. The lowest BCUT2D eigenvalue weighted by Gasteiger charge is -2.07. The molecule has 74 valence electrons. The third-order valence-corrected chi connectivity index (χ3v) is 4.60. The van der Waals surface area contributed by atoms with E-state index in [0.717, 1.165) is 11.0 Å². The van der Waals surface area contributed by atoms with Crippen molar-refractivity contribution in [3.05, 3.63) is 23.1 Å². The summed E-state index contributed by atoms with van der Waals surface area (Å²) in [5.41, 5.74) is 8.09. The second kappa shape index (κ2) is 4.13. The van der Waals surface area contributed by atoms with Crippen molar-refractivity contribution in [1.29, 1.82) is 0 Å².